The predicted molar refractivity (Wildman–Crippen MR) is 105 cm³/mol. The van der Waals surface area contributed by atoms with Gasteiger partial charge in [-0.2, -0.15) is 9.98 Å². The van der Waals surface area contributed by atoms with Gasteiger partial charge in [0.05, 0.1) is 24.5 Å². The molecule has 28 heavy (non-hydrogen) atoms. The number of isocyanates is 4. The minimum Gasteiger partial charge on any atom is -0.211 e. The number of carbonyl (C=O) groups excluding carboxylic acids is 4. The molecule has 0 aliphatic heterocycles. The highest BCUT2D eigenvalue weighted by Gasteiger charge is 2.20. The fourth-order valence-electron chi connectivity index (χ4n) is 2.58. The summed E-state index contributed by atoms with van der Waals surface area (Å²) in [6, 6.07) is 4.88. The maximum absolute atomic E-state index is 10.00. The Labute approximate surface area is 164 Å². The maximum atomic E-state index is 10.00. The SMILES string of the molecule is CC(CCN=C=O)CC(C)(C)CN=C=O.Cc1ccc(N=C=O)cc1N=C=O. The lowest BCUT2D eigenvalue weighted by Gasteiger charge is -2.25. The Morgan fingerprint density at radius 2 is 1.61 bits per heavy atom. The first kappa shape index (κ1) is 24.7. The topological polar surface area (TPSA) is 118 Å². The number of hydrogen-bond acceptors (Lipinski definition) is 8. The van der Waals surface area contributed by atoms with Crippen molar-refractivity contribution in [2.24, 2.45) is 31.3 Å². The molecule has 8 heteroatoms. The molecular formula is C20H24N4O4. The lowest BCUT2D eigenvalue weighted by atomic mass is 9.82. The lowest BCUT2D eigenvalue weighted by Crippen LogP contribution is -2.19. The van der Waals surface area contributed by atoms with Crippen LogP contribution in [0.1, 0.15) is 39.2 Å². The first-order chi connectivity index (χ1) is 13.3. The Morgan fingerprint density at radius 1 is 0.964 bits per heavy atom. The predicted octanol–water partition coefficient (Wildman–Crippen LogP) is 4.03. The van der Waals surface area contributed by atoms with Crippen molar-refractivity contribution >= 4 is 35.7 Å². The van der Waals surface area contributed by atoms with Crippen molar-refractivity contribution < 1.29 is 19.2 Å². The van der Waals surface area contributed by atoms with Crippen LogP contribution in [0.2, 0.25) is 0 Å². The molecule has 0 saturated heterocycles. The molecule has 0 aromatic heterocycles. The van der Waals surface area contributed by atoms with Gasteiger partial charge in [-0.25, -0.2) is 29.2 Å². The van der Waals surface area contributed by atoms with Gasteiger partial charge < -0.3 is 0 Å². The number of aryl methyl sites for hydroxylation is 1. The fourth-order valence-corrected chi connectivity index (χ4v) is 2.58. The summed E-state index contributed by atoms with van der Waals surface area (Å²) < 4.78 is 0. The molecule has 1 atom stereocenters. The van der Waals surface area contributed by atoms with Gasteiger partial charge in [-0.05, 0) is 48.8 Å². The van der Waals surface area contributed by atoms with E-state index in [1.165, 1.54) is 24.3 Å². The summed E-state index contributed by atoms with van der Waals surface area (Å²) in [4.78, 5) is 53.7. The highest BCUT2D eigenvalue weighted by atomic mass is 16.1. The second-order valence-electron chi connectivity index (χ2n) is 7.02. The summed E-state index contributed by atoms with van der Waals surface area (Å²) in [7, 11) is 0. The van der Waals surface area contributed by atoms with Crippen LogP contribution in [0.25, 0.3) is 0 Å². The molecule has 148 valence electrons. The maximum Gasteiger partial charge on any atom is 0.240 e. The molecule has 1 rings (SSSR count). The summed E-state index contributed by atoms with van der Waals surface area (Å²) in [6.07, 6.45) is 7.73. The van der Waals surface area contributed by atoms with Crippen molar-refractivity contribution in [3.63, 3.8) is 0 Å². The Kier molecular flexibility index (Phi) is 12.3. The average molecular weight is 384 g/mol. The van der Waals surface area contributed by atoms with E-state index >= 15 is 0 Å². The van der Waals surface area contributed by atoms with Gasteiger partial charge in [0.15, 0.2) is 0 Å². The third-order valence-corrected chi connectivity index (χ3v) is 3.80. The second-order valence-corrected chi connectivity index (χ2v) is 7.02. The minimum atomic E-state index is 0.00171. The Morgan fingerprint density at radius 3 is 2.18 bits per heavy atom. The molecule has 1 aromatic carbocycles. The third kappa shape index (κ3) is 11.4. The summed E-state index contributed by atoms with van der Waals surface area (Å²) in [6.45, 7) is 9.05. The third-order valence-electron chi connectivity index (χ3n) is 3.80. The summed E-state index contributed by atoms with van der Waals surface area (Å²) in [5.74, 6) is 0.457. The first-order valence-corrected chi connectivity index (χ1v) is 8.63. The van der Waals surface area contributed by atoms with Crippen molar-refractivity contribution in [2.45, 2.75) is 40.5 Å². The van der Waals surface area contributed by atoms with E-state index in [2.05, 4.69) is 40.7 Å². The molecule has 0 bridgehead atoms. The van der Waals surface area contributed by atoms with Gasteiger partial charge >= 0.3 is 0 Å². The zero-order chi connectivity index (χ0) is 21.4. The van der Waals surface area contributed by atoms with Crippen LogP contribution in [-0.2, 0) is 19.2 Å². The van der Waals surface area contributed by atoms with Gasteiger partial charge in [-0.3, -0.25) is 0 Å². The number of nitrogens with zero attached hydrogens (tertiary/aromatic N) is 4. The molecule has 0 N–H and O–H groups in total. The highest BCUT2D eigenvalue weighted by Crippen LogP contribution is 2.27. The van der Waals surface area contributed by atoms with E-state index < -0.39 is 0 Å². The van der Waals surface area contributed by atoms with E-state index in [0.29, 0.717) is 30.4 Å². The quantitative estimate of drug-likeness (QED) is 0.472. The van der Waals surface area contributed by atoms with Crippen LogP contribution in [0.4, 0.5) is 11.4 Å². The molecule has 0 aliphatic carbocycles. The summed E-state index contributed by atoms with van der Waals surface area (Å²) in [5, 5.41) is 0. The van der Waals surface area contributed by atoms with Gasteiger partial charge in [0.1, 0.15) is 0 Å². The molecule has 1 unspecified atom stereocenters. The number of aliphatic imine (C=N–C) groups is 4. The Bertz CT molecular complexity index is 825. The summed E-state index contributed by atoms with van der Waals surface area (Å²) in [5.41, 5.74) is 1.72. The van der Waals surface area contributed by atoms with Gasteiger partial charge in [-0.15, -0.1) is 0 Å². The first-order valence-electron chi connectivity index (χ1n) is 8.63. The van der Waals surface area contributed by atoms with Crippen LogP contribution in [-0.4, -0.2) is 37.4 Å². The van der Waals surface area contributed by atoms with Crippen molar-refractivity contribution in [3.8, 4) is 0 Å². The van der Waals surface area contributed by atoms with E-state index in [1.54, 1.807) is 25.1 Å². The fraction of sp³-hybridized carbons (Fsp3) is 0.500. The monoisotopic (exact) mass is 384 g/mol. The molecule has 8 nitrogen and oxygen atoms in total. The van der Waals surface area contributed by atoms with Gasteiger partial charge in [0.25, 0.3) is 0 Å². The minimum absolute atomic E-state index is 0.00171. The molecule has 0 spiro atoms. The molecule has 0 heterocycles. The van der Waals surface area contributed by atoms with Crippen molar-refractivity contribution in [3.05, 3.63) is 23.8 Å². The lowest BCUT2D eigenvalue weighted by molar-refractivity contribution is 0.280. The van der Waals surface area contributed by atoms with E-state index in [9.17, 15) is 19.2 Å². The zero-order valence-electron chi connectivity index (χ0n) is 16.6. The number of hydrogen-bond donors (Lipinski definition) is 0. The smallest absolute Gasteiger partial charge is 0.211 e. The molecule has 1 aromatic rings. The molecule has 0 saturated carbocycles. The van der Waals surface area contributed by atoms with E-state index in [0.717, 1.165) is 18.4 Å². The molecule has 0 fully saturated rings. The van der Waals surface area contributed by atoms with Crippen LogP contribution < -0.4 is 0 Å². The largest absolute Gasteiger partial charge is 0.240 e. The Balaban J connectivity index is 0.000000525. The second kappa shape index (κ2) is 13.9. The molecule has 0 aliphatic rings. The van der Waals surface area contributed by atoms with Crippen molar-refractivity contribution in [1.29, 1.82) is 0 Å². The Hall–Kier alpha value is -3.26. The van der Waals surface area contributed by atoms with E-state index in [1.807, 2.05) is 0 Å². The molecule has 0 radical (unpaired) electrons. The van der Waals surface area contributed by atoms with Crippen molar-refractivity contribution in [1.82, 2.24) is 0 Å². The normalized spacial score (nSPS) is 10.6. The van der Waals surface area contributed by atoms with Gasteiger partial charge in [-0.1, -0.05) is 26.8 Å². The van der Waals surface area contributed by atoms with Crippen LogP contribution in [0.15, 0.2) is 38.2 Å². The highest BCUT2D eigenvalue weighted by molar-refractivity contribution is 5.61. The molecule has 0 amide bonds. The van der Waals surface area contributed by atoms with E-state index in [-0.39, 0.29) is 5.41 Å². The summed E-state index contributed by atoms with van der Waals surface area (Å²) >= 11 is 0. The molecular weight excluding hydrogens is 360 g/mol. The average Bonchev–Trinajstić information content (AvgIpc) is 2.64. The van der Waals surface area contributed by atoms with Crippen LogP contribution in [0.5, 0.6) is 0 Å². The number of rotatable bonds is 9. The van der Waals surface area contributed by atoms with Crippen LogP contribution in [0, 0.1) is 18.3 Å². The van der Waals surface area contributed by atoms with Crippen molar-refractivity contribution in [2.75, 3.05) is 13.1 Å². The van der Waals surface area contributed by atoms with Crippen LogP contribution in [0.3, 0.4) is 0 Å². The van der Waals surface area contributed by atoms with E-state index in [4.69, 9.17) is 0 Å². The zero-order valence-corrected chi connectivity index (χ0v) is 16.6. The van der Waals surface area contributed by atoms with Gasteiger partial charge in [0, 0.05) is 0 Å². The number of benzene rings is 1. The standard InChI is InChI=1S/C11H18N2O2.C9H6N2O2/c1-10(4-5-12-8-14)6-11(2,3)7-13-9-15;1-7-2-3-8(10-5-12)4-9(7)11-6-13/h10H,4-7H2,1-3H3;2-4H,1H3. The van der Waals surface area contributed by atoms with Crippen LogP contribution >= 0.6 is 0 Å². The van der Waals surface area contributed by atoms with Gasteiger partial charge in [0.2, 0.25) is 24.3 Å².